The van der Waals surface area contributed by atoms with Gasteiger partial charge in [-0.05, 0) is 35.9 Å². The van der Waals surface area contributed by atoms with E-state index in [0.717, 1.165) is 27.4 Å². The van der Waals surface area contributed by atoms with Crippen LogP contribution in [0.1, 0.15) is 11.4 Å². The van der Waals surface area contributed by atoms with E-state index in [1.807, 2.05) is 42.5 Å². The maximum atomic E-state index is 6.01. The van der Waals surface area contributed by atoms with E-state index in [2.05, 4.69) is 9.55 Å². The first-order valence-electron chi connectivity index (χ1n) is 6.26. The van der Waals surface area contributed by atoms with E-state index in [0.29, 0.717) is 18.1 Å². The van der Waals surface area contributed by atoms with Gasteiger partial charge in [-0.1, -0.05) is 35.3 Å². The lowest BCUT2D eigenvalue weighted by Crippen LogP contribution is -2.09. The molecule has 1 heterocycles. The molecule has 0 saturated carbocycles. The number of nitrogens with two attached hydrogens (primary N) is 1. The monoisotopic (exact) mass is 305 g/mol. The number of fused-ring (bicyclic) bond motifs is 1. The molecule has 0 bridgehead atoms. The Labute approximate surface area is 126 Å². The van der Waals surface area contributed by atoms with Crippen LogP contribution in [-0.4, -0.2) is 9.55 Å². The fourth-order valence-electron chi connectivity index (χ4n) is 2.26. The lowest BCUT2D eigenvalue weighted by Gasteiger charge is -2.08. The van der Waals surface area contributed by atoms with Gasteiger partial charge in [0.25, 0.3) is 0 Å². The molecule has 2 aromatic carbocycles. The summed E-state index contributed by atoms with van der Waals surface area (Å²) in [5, 5.41) is 1.41. The molecule has 0 fully saturated rings. The summed E-state index contributed by atoms with van der Waals surface area (Å²) >= 11 is 11.9. The summed E-state index contributed by atoms with van der Waals surface area (Å²) in [5.74, 6) is 0.845. The zero-order chi connectivity index (χ0) is 14.1. The van der Waals surface area contributed by atoms with Gasteiger partial charge < -0.3 is 10.3 Å². The zero-order valence-corrected chi connectivity index (χ0v) is 12.2. The maximum absolute atomic E-state index is 6.01. The van der Waals surface area contributed by atoms with Gasteiger partial charge in [-0.15, -0.1) is 0 Å². The molecule has 0 radical (unpaired) electrons. The number of rotatable bonds is 3. The molecule has 3 rings (SSSR count). The van der Waals surface area contributed by atoms with E-state index in [4.69, 9.17) is 28.9 Å². The van der Waals surface area contributed by atoms with Gasteiger partial charge in [-0.3, -0.25) is 0 Å². The molecule has 2 N–H and O–H groups in total. The van der Waals surface area contributed by atoms with Crippen molar-refractivity contribution in [3.63, 3.8) is 0 Å². The summed E-state index contributed by atoms with van der Waals surface area (Å²) in [6.45, 7) is 1.10. The molecule has 0 unspecified atom stereocenters. The molecular weight excluding hydrogens is 293 g/mol. The molecule has 102 valence electrons. The van der Waals surface area contributed by atoms with Crippen molar-refractivity contribution >= 4 is 34.2 Å². The Kier molecular flexibility index (Phi) is 3.66. The van der Waals surface area contributed by atoms with Crippen molar-refractivity contribution in [2.75, 3.05) is 0 Å². The van der Waals surface area contributed by atoms with Crippen LogP contribution >= 0.6 is 23.2 Å². The predicted octanol–water partition coefficient (Wildman–Crippen LogP) is 3.85. The van der Waals surface area contributed by atoms with Gasteiger partial charge in [0.2, 0.25) is 0 Å². The van der Waals surface area contributed by atoms with Gasteiger partial charge in [0, 0.05) is 16.6 Å². The minimum Gasteiger partial charge on any atom is -0.324 e. The van der Waals surface area contributed by atoms with Crippen LogP contribution in [0, 0.1) is 0 Å². The summed E-state index contributed by atoms with van der Waals surface area (Å²) in [4.78, 5) is 4.53. The van der Waals surface area contributed by atoms with E-state index in [9.17, 15) is 0 Å². The van der Waals surface area contributed by atoms with Crippen LogP contribution in [0.4, 0.5) is 0 Å². The SMILES string of the molecule is NCc1nc2cc(Cl)ccc2n1Cc1ccc(Cl)cc1. The molecule has 0 spiro atoms. The van der Waals surface area contributed by atoms with Crippen molar-refractivity contribution in [2.24, 2.45) is 5.73 Å². The van der Waals surface area contributed by atoms with Gasteiger partial charge in [0.1, 0.15) is 5.82 Å². The van der Waals surface area contributed by atoms with Crippen molar-refractivity contribution in [1.29, 1.82) is 0 Å². The van der Waals surface area contributed by atoms with Crippen molar-refractivity contribution in [2.45, 2.75) is 13.1 Å². The van der Waals surface area contributed by atoms with Gasteiger partial charge in [0.15, 0.2) is 0 Å². The molecule has 20 heavy (non-hydrogen) atoms. The van der Waals surface area contributed by atoms with Crippen LogP contribution in [0.5, 0.6) is 0 Å². The molecule has 0 saturated heterocycles. The number of hydrogen-bond acceptors (Lipinski definition) is 2. The third-order valence-electron chi connectivity index (χ3n) is 3.23. The number of hydrogen-bond donors (Lipinski definition) is 1. The highest BCUT2D eigenvalue weighted by Gasteiger charge is 2.10. The van der Waals surface area contributed by atoms with E-state index >= 15 is 0 Å². The second-order valence-electron chi connectivity index (χ2n) is 4.58. The van der Waals surface area contributed by atoms with Crippen molar-refractivity contribution in [3.05, 3.63) is 63.9 Å². The maximum Gasteiger partial charge on any atom is 0.123 e. The summed E-state index contributed by atoms with van der Waals surface area (Å²) in [6, 6.07) is 13.5. The van der Waals surface area contributed by atoms with Crippen molar-refractivity contribution < 1.29 is 0 Å². The summed E-state index contributed by atoms with van der Waals surface area (Å²) in [7, 11) is 0. The van der Waals surface area contributed by atoms with Crippen molar-refractivity contribution in [1.82, 2.24) is 9.55 Å². The smallest absolute Gasteiger partial charge is 0.123 e. The summed E-state index contributed by atoms with van der Waals surface area (Å²) < 4.78 is 2.11. The predicted molar refractivity (Wildman–Crippen MR) is 83.2 cm³/mol. The van der Waals surface area contributed by atoms with Gasteiger partial charge in [-0.2, -0.15) is 0 Å². The fraction of sp³-hybridized carbons (Fsp3) is 0.133. The molecule has 0 atom stereocenters. The van der Waals surface area contributed by atoms with Gasteiger partial charge in [0.05, 0.1) is 17.6 Å². The average molecular weight is 306 g/mol. The number of halogens is 2. The van der Waals surface area contributed by atoms with Gasteiger partial charge in [-0.25, -0.2) is 4.98 Å². The second-order valence-corrected chi connectivity index (χ2v) is 5.45. The van der Waals surface area contributed by atoms with Crippen LogP contribution in [-0.2, 0) is 13.1 Å². The average Bonchev–Trinajstić information content (AvgIpc) is 2.78. The van der Waals surface area contributed by atoms with Crippen LogP contribution in [0.3, 0.4) is 0 Å². The van der Waals surface area contributed by atoms with Crippen LogP contribution in [0.25, 0.3) is 11.0 Å². The largest absolute Gasteiger partial charge is 0.324 e. The van der Waals surface area contributed by atoms with Crippen molar-refractivity contribution in [3.8, 4) is 0 Å². The van der Waals surface area contributed by atoms with Crippen LogP contribution in [0.2, 0.25) is 10.0 Å². The minimum atomic E-state index is 0.389. The molecule has 0 aliphatic carbocycles. The summed E-state index contributed by atoms with van der Waals surface area (Å²) in [6.07, 6.45) is 0. The number of aromatic nitrogens is 2. The Balaban J connectivity index is 2.07. The molecular formula is C15H13Cl2N3. The van der Waals surface area contributed by atoms with Gasteiger partial charge >= 0.3 is 0 Å². The van der Waals surface area contributed by atoms with Crippen LogP contribution in [0.15, 0.2) is 42.5 Å². The van der Waals surface area contributed by atoms with E-state index in [-0.39, 0.29) is 0 Å². The highest BCUT2D eigenvalue weighted by atomic mass is 35.5. The minimum absolute atomic E-state index is 0.389. The molecule has 0 amide bonds. The molecule has 1 aromatic heterocycles. The zero-order valence-electron chi connectivity index (χ0n) is 10.7. The molecule has 0 aliphatic rings. The molecule has 0 aliphatic heterocycles. The number of benzene rings is 2. The Bertz CT molecular complexity index is 748. The Hall–Kier alpha value is -1.55. The normalized spacial score (nSPS) is 11.2. The lowest BCUT2D eigenvalue weighted by molar-refractivity contribution is 0.744. The van der Waals surface area contributed by atoms with Crippen LogP contribution < -0.4 is 5.73 Å². The number of nitrogens with zero attached hydrogens (tertiary/aromatic N) is 2. The highest BCUT2D eigenvalue weighted by molar-refractivity contribution is 6.31. The fourth-order valence-corrected chi connectivity index (χ4v) is 2.55. The van der Waals surface area contributed by atoms with E-state index in [1.54, 1.807) is 0 Å². The first-order valence-corrected chi connectivity index (χ1v) is 7.02. The molecule has 3 aromatic rings. The molecule has 3 nitrogen and oxygen atoms in total. The quantitative estimate of drug-likeness (QED) is 0.798. The summed E-state index contributed by atoms with van der Waals surface area (Å²) in [5.41, 5.74) is 8.84. The molecule has 5 heteroatoms. The second kappa shape index (κ2) is 5.44. The lowest BCUT2D eigenvalue weighted by atomic mass is 10.2. The Morgan fingerprint density at radius 2 is 1.70 bits per heavy atom. The topological polar surface area (TPSA) is 43.8 Å². The number of imidazole rings is 1. The standard InChI is InChI=1S/C15H13Cl2N3/c16-11-3-1-10(2-4-11)9-20-14-6-5-12(17)7-13(14)19-15(20)8-18/h1-7H,8-9,18H2. The Morgan fingerprint density at radius 1 is 1.00 bits per heavy atom. The first-order chi connectivity index (χ1) is 9.67. The Morgan fingerprint density at radius 3 is 2.40 bits per heavy atom. The highest BCUT2D eigenvalue weighted by Crippen LogP contribution is 2.22. The third kappa shape index (κ3) is 2.52. The van der Waals surface area contributed by atoms with E-state index < -0.39 is 0 Å². The first kappa shape index (κ1) is 13.4. The van der Waals surface area contributed by atoms with E-state index in [1.165, 1.54) is 0 Å². The third-order valence-corrected chi connectivity index (χ3v) is 3.71.